The number of nitro groups is 1. The van der Waals surface area contributed by atoms with Gasteiger partial charge in [0.05, 0.1) is 11.0 Å². The molecule has 0 amide bonds. The predicted octanol–water partition coefficient (Wildman–Crippen LogP) is 0.292. The second-order valence-electron chi connectivity index (χ2n) is 2.90. The van der Waals surface area contributed by atoms with Gasteiger partial charge in [0.1, 0.15) is 0 Å². The monoisotopic (exact) mass is 226 g/mol. The Morgan fingerprint density at radius 2 is 2.25 bits per heavy atom. The third-order valence-corrected chi connectivity index (χ3v) is 1.88. The zero-order valence-corrected chi connectivity index (χ0v) is 7.71. The molecule has 0 aliphatic heterocycles. The molecule has 2 rings (SSSR count). The fourth-order valence-corrected chi connectivity index (χ4v) is 1.17. The van der Waals surface area contributed by atoms with E-state index in [4.69, 9.17) is 0 Å². The van der Waals surface area contributed by atoms with Gasteiger partial charge in [-0.15, -0.1) is 0 Å². The van der Waals surface area contributed by atoms with E-state index in [-0.39, 0.29) is 5.69 Å². The molecule has 1 aromatic carbocycles. The number of nitro benzene ring substituents is 1. The minimum absolute atomic E-state index is 0.221. The first-order valence-corrected chi connectivity index (χ1v) is 4.12. The number of halogens is 1. The number of H-pyrrole nitrogens is 1. The van der Waals surface area contributed by atoms with Crippen LogP contribution in [-0.2, 0) is 0 Å². The Balaban J connectivity index is 2.55. The van der Waals surface area contributed by atoms with Crippen LogP contribution in [0.5, 0.6) is 0 Å². The Morgan fingerprint density at radius 1 is 1.50 bits per heavy atom. The molecule has 0 atom stereocenters. The van der Waals surface area contributed by atoms with Crippen LogP contribution >= 0.6 is 0 Å². The molecule has 16 heavy (non-hydrogen) atoms. The molecule has 0 saturated heterocycles. The summed E-state index contributed by atoms with van der Waals surface area (Å²) in [4.78, 5) is 20.3. The van der Waals surface area contributed by atoms with Crippen LogP contribution < -0.4 is 10.3 Å². The summed E-state index contributed by atoms with van der Waals surface area (Å²) in [6, 6.07) is 3.19. The van der Waals surface area contributed by atoms with Crippen molar-refractivity contribution < 1.29 is 18.5 Å². The van der Waals surface area contributed by atoms with Crippen LogP contribution in [0.4, 0.5) is 10.1 Å². The standard InChI is InChI=1S/C8H4FN3O4/c9-6-2-1-5(3-7(6)12(14)15)11-4-8(13)16-10-11/h1-4H/p+1. The topological polar surface area (TPSA) is 93.0 Å². The Morgan fingerprint density at radius 3 is 2.81 bits per heavy atom. The Bertz CT molecular complexity index is 603. The maximum atomic E-state index is 13.0. The average molecular weight is 226 g/mol. The molecule has 0 unspecified atom stereocenters. The zero-order chi connectivity index (χ0) is 11.7. The number of nitrogens with zero attached hydrogens (tertiary/aromatic N) is 2. The average Bonchev–Trinajstić information content (AvgIpc) is 2.65. The van der Waals surface area contributed by atoms with Crippen LogP contribution in [-0.4, -0.2) is 10.2 Å². The van der Waals surface area contributed by atoms with Crippen LogP contribution in [0.3, 0.4) is 0 Å². The van der Waals surface area contributed by atoms with Crippen molar-refractivity contribution in [3.05, 3.63) is 50.7 Å². The summed E-state index contributed by atoms with van der Waals surface area (Å²) >= 11 is 0. The lowest BCUT2D eigenvalue weighted by molar-refractivity contribution is -0.670. The van der Waals surface area contributed by atoms with Crippen molar-refractivity contribution >= 4 is 5.69 Å². The summed E-state index contributed by atoms with van der Waals surface area (Å²) < 4.78 is 18.5. The normalized spacial score (nSPS) is 10.3. The summed E-state index contributed by atoms with van der Waals surface area (Å²) in [7, 11) is 0. The van der Waals surface area contributed by atoms with Gasteiger partial charge < -0.3 is 0 Å². The number of benzene rings is 1. The molecule has 1 N–H and O–H groups in total. The molecular formula is C8H5FN3O4+. The highest BCUT2D eigenvalue weighted by molar-refractivity contribution is 5.39. The minimum Gasteiger partial charge on any atom is -0.283 e. The lowest BCUT2D eigenvalue weighted by Gasteiger charge is -1.93. The van der Waals surface area contributed by atoms with E-state index in [0.717, 1.165) is 23.0 Å². The largest absolute Gasteiger partial charge is 0.427 e. The third kappa shape index (κ3) is 1.67. The van der Waals surface area contributed by atoms with Crippen LogP contribution in [0.25, 0.3) is 5.69 Å². The summed E-state index contributed by atoms with van der Waals surface area (Å²) in [5, 5.41) is 12.7. The maximum absolute atomic E-state index is 13.0. The highest BCUT2D eigenvalue weighted by atomic mass is 19.1. The molecular weight excluding hydrogens is 221 g/mol. The highest BCUT2D eigenvalue weighted by Crippen LogP contribution is 2.17. The van der Waals surface area contributed by atoms with E-state index in [0.29, 0.717) is 0 Å². The maximum Gasteiger partial charge on any atom is 0.427 e. The lowest BCUT2D eigenvalue weighted by Crippen LogP contribution is -2.32. The van der Waals surface area contributed by atoms with Crippen molar-refractivity contribution in [1.29, 1.82) is 0 Å². The third-order valence-electron chi connectivity index (χ3n) is 1.88. The lowest BCUT2D eigenvalue weighted by atomic mass is 10.2. The van der Waals surface area contributed by atoms with Gasteiger partial charge >= 0.3 is 11.3 Å². The van der Waals surface area contributed by atoms with Crippen molar-refractivity contribution in [1.82, 2.24) is 5.27 Å². The SMILES string of the molecule is O=c1c[n+](-c2ccc(F)c([N+](=O)[O-])c2)[nH]o1. The van der Waals surface area contributed by atoms with Gasteiger partial charge in [-0.3, -0.25) is 14.6 Å². The van der Waals surface area contributed by atoms with Gasteiger partial charge in [0, 0.05) is 6.07 Å². The van der Waals surface area contributed by atoms with Gasteiger partial charge in [-0.25, -0.2) is 4.79 Å². The van der Waals surface area contributed by atoms with E-state index < -0.39 is 22.1 Å². The van der Waals surface area contributed by atoms with E-state index in [2.05, 4.69) is 9.79 Å². The van der Waals surface area contributed by atoms with Crippen molar-refractivity contribution in [2.24, 2.45) is 0 Å². The molecule has 8 heteroatoms. The zero-order valence-electron chi connectivity index (χ0n) is 7.71. The molecule has 0 aliphatic rings. The Kier molecular flexibility index (Phi) is 2.24. The number of hydrogen-bond acceptors (Lipinski definition) is 4. The van der Waals surface area contributed by atoms with Gasteiger partial charge in [0.25, 0.3) is 6.20 Å². The summed E-state index contributed by atoms with van der Waals surface area (Å²) in [5.41, 5.74) is -1.10. The summed E-state index contributed by atoms with van der Waals surface area (Å²) in [6.07, 6.45) is 1.04. The van der Waals surface area contributed by atoms with E-state index >= 15 is 0 Å². The smallest absolute Gasteiger partial charge is 0.283 e. The van der Waals surface area contributed by atoms with E-state index in [1.165, 1.54) is 6.07 Å². The van der Waals surface area contributed by atoms with E-state index in [1.807, 2.05) is 0 Å². The molecule has 0 bridgehead atoms. The molecule has 0 spiro atoms. The molecule has 82 valence electrons. The second kappa shape index (κ2) is 3.57. The number of nitrogens with one attached hydrogen (secondary N) is 1. The Hall–Kier alpha value is -2.51. The predicted molar refractivity (Wildman–Crippen MR) is 47.5 cm³/mol. The second-order valence-corrected chi connectivity index (χ2v) is 2.90. The summed E-state index contributed by atoms with van der Waals surface area (Å²) in [5.74, 6) is -0.944. The molecule has 0 saturated carbocycles. The van der Waals surface area contributed by atoms with E-state index in [1.54, 1.807) is 0 Å². The van der Waals surface area contributed by atoms with Gasteiger partial charge in [0.15, 0.2) is 0 Å². The van der Waals surface area contributed by atoms with Crippen molar-refractivity contribution in [3.8, 4) is 5.69 Å². The number of hydrogen-bond donors (Lipinski definition) is 1. The number of rotatable bonds is 2. The molecule has 1 aromatic heterocycles. The first kappa shape index (κ1) is 10.0. The van der Waals surface area contributed by atoms with E-state index in [9.17, 15) is 19.3 Å². The molecule has 2 aromatic rings. The van der Waals surface area contributed by atoms with Crippen LogP contribution in [0.2, 0.25) is 0 Å². The highest BCUT2D eigenvalue weighted by Gasteiger charge is 2.20. The molecule has 1 heterocycles. The van der Waals surface area contributed by atoms with Crippen molar-refractivity contribution in [3.63, 3.8) is 0 Å². The van der Waals surface area contributed by atoms with Crippen LogP contribution in [0, 0.1) is 15.9 Å². The van der Waals surface area contributed by atoms with Gasteiger partial charge in [-0.05, 0) is 16.0 Å². The minimum atomic E-state index is -0.944. The fraction of sp³-hybridized carbons (Fsp3) is 0. The Labute approximate surface area is 86.8 Å². The number of aromatic nitrogens is 2. The number of aromatic amines is 1. The van der Waals surface area contributed by atoms with Crippen molar-refractivity contribution in [2.75, 3.05) is 0 Å². The van der Waals surface area contributed by atoms with Crippen LogP contribution in [0.15, 0.2) is 33.7 Å². The van der Waals surface area contributed by atoms with Gasteiger partial charge in [-0.2, -0.15) is 4.39 Å². The molecule has 0 radical (unpaired) electrons. The van der Waals surface area contributed by atoms with Crippen molar-refractivity contribution in [2.45, 2.75) is 0 Å². The quantitative estimate of drug-likeness (QED) is 0.452. The van der Waals surface area contributed by atoms with Crippen LogP contribution in [0.1, 0.15) is 0 Å². The molecule has 0 aliphatic carbocycles. The first-order chi connectivity index (χ1) is 7.58. The molecule has 7 nitrogen and oxygen atoms in total. The fourth-order valence-electron chi connectivity index (χ4n) is 1.17. The molecule has 0 fully saturated rings. The summed E-state index contributed by atoms with van der Waals surface area (Å²) in [6.45, 7) is 0. The van der Waals surface area contributed by atoms with Gasteiger partial charge in [0.2, 0.25) is 11.5 Å². The first-order valence-electron chi connectivity index (χ1n) is 4.12. The van der Waals surface area contributed by atoms with Gasteiger partial charge in [-0.1, -0.05) is 0 Å².